The number of hydrogen-bond donors (Lipinski definition) is 1. The van der Waals surface area contributed by atoms with Crippen LogP contribution in [0, 0.1) is 13.8 Å². The van der Waals surface area contributed by atoms with E-state index in [0.29, 0.717) is 28.3 Å². The maximum Gasteiger partial charge on any atom is 0.282 e. The van der Waals surface area contributed by atoms with Crippen molar-refractivity contribution in [2.75, 3.05) is 39.3 Å². The third-order valence-corrected chi connectivity index (χ3v) is 5.15. The van der Waals surface area contributed by atoms with Gasteiger partial charge in [-0.1, -0.05) is 23.8 Å². The van der Waals surface area contributed by atoms with Gasteiger partial charge in [-0.3, -0.25) is 9.59 Å². The molecule has 2 aromatic carbocycles. The molecule has 158 valence electrons. The molecular formula is C23H26N2O5. The van der Waals surface area contributed by atoms with Gasteiger partial charge in [0.1, 0.15) is 17.2 Å². The molecule has 0 saturated heterocycles. The number of imide groups is 1. The average molecular weight is 410 g/mol. The maximum atomic E-state index is 13.6. The van der Waals surface area contributed by atoms with Crippen molar-refractivity contribution in [3.05, 3.63) is 58.8 Å². The highest BCUT2D eigenvalue weighted by Gasteiger charge is 2.43. The third-order valence-electron chi connectivity index (χ3n) is 5.15. The Hall–Kier alpha value is -3.32. The van der Waals surface area contributed by atoms with E-state index in [2.05, 4.69) is 0 Å². The molecule has 30 heavy (non-hydrogen) atoms. The normalized spacial score (nSPS) is 13.9. The number of amides is 2. The van der Waals surface area contributed by atoms with Gasteiger partial charge in [0.25, 0.3) is 11.8 Å². The molecule has 0 spiro atoms. The number of aliphatic hydroxyl groups excluding tert-OH is 1. The Bertz CT molecular complexity index is 1030. The van der Waals surface area contributed by atoms with Crippen LogP contribution in [0.1, 0.15) is 16.7 Å². The van der Waals surface area contributed by atoms with E-state index in [1.807, 2.05) is 32.0 Å². The number of rotatable bonds is 7. The van der Waals surface area contributed by atoms with Crippen molar-refractivity contribution in [2.45, 2.75) is 13.8 Å². The summed E-state index contributed by atoms with van der Waals surface area (Å²) >= 11 is 0. The molecule has 1 aliphatic rings. The first-order valence-electron chi connectivity index (χ1n) is 9.58. The van der Waals surface area contributed by atoms with E-state index >= 15 is 0 Å². The summed E-state index contributed by atoms with van der Waals surface area (Å²) < 4.78 is 10.7. The molecule has 0 atom stereocenters. The molecule has 1 N–H and O–H groups in total. The summed E-state index contributed by atoms with van der Waals surface area (Å²) in [6.45, 7) is 3.94. The van der Waals surface area contributed by atoms with Crippen molar-refractivity contribution in [1.29, 1.82) is 0 Å². The standard InChI is InChI=1S/C23H26N2O5/c1-14-6-8-17(15(2)12-14)20-21(24(3)10-11-26)23(28)25(22(20)27)18-13-16(29-4)7-9-19(18)30-5/h6-9,12-13,26H,10-11H2,1-5H3. The van der Waals surface area contributed by atoms with E-state index in [-0.39, 0.29) is 18.8 Å². The minimum atomic E-state index is -0.475. The molecule has 0 aromatic heterocycles. The minimum Gasteiger partial charge on any atom is -0.497 e. The molecule has 0 unspecified atom stereocenters. The summed E-state index contributed by atoms with van der Waals surface area (Å²) in [7, 11) is 4.68. The molecule has 1 aliphatic heterocycles. The topological polar surface area (TPSA) is 79.3 Å². The number of methoxy groups -OCH3 is 2. The van der Waals surface area contributed by atoms with Gasteiger partial charge in [0, 0.05) is 19.7 Å². The number of carbonyl (C=O) groups is 2. The fourth-order valence-electron chi connectivity index (χ4n) is 3.66. The van der Waals surface area contributed by atoms with Crippen molar-refractivity contribution in [1.82, 2.24) is 4.90 Å². The molecule has 1 heterocycles. The molecule has 2 aromatic rings. The van der Waals surface area contributed by atoms with Crippen LogP contribution in [0.2, 0.25) is 0 Å². The van der Waals surface area contributed by atoms with Crippen molar-refractivity contribution in [2.24, 2.45) is 0 Å². The van der Waals surface area contributed by atoms with E-state index in [4.69, 9.17) is 9.47 Å². The number of carbonyl (C=O) groups excluding carboxylic acids is 2. The largest absolute Gasteiger partial charge is 0.497 e. The first-order chi connectivity index (χ1) is 14.3. The summed E-state index contributed by atoms with van der Waals surface area (Å²) in [5.41, 5.74) is 3.49. The summed E-state index contributed by atoms with van der Waals surface area (Å²) in [5.74, 6) is -0.0454. The van der Waals surface area contributed by atoms with Gasteiger partial charge in [0.15, 0.2) is 0 Å². The van der Waals surface area contributed by atoms with E-state index in [0.717, 1.165) is 16.0 Å². The lowest BCUT2D eigenvalue weighted by Crippen LogP contribution is -2.35. The average Bonchev–Trinajstić information content (AvgIpc) is 2.97. The van der Waals surface area contributed by atoms with Gasteiger partial charge < -0.3 is 19.5 Å². The van der Waals surface area contributed by atoms with Crippen molar-refractivity contribution < 1.29 is 24.2 Å². The Morgan fingerprint density at radius 1 is 1.00 bits per heavy atom. The number of hydrogen-bond acceptors (Lipinski definition) is 6. The highest BCUT2D eigenvalue weighted by atomic mass is 16.5. The van der Waals surface area contributed by atoms with E-state index < -0.39 is 11.8 Å². The zero-order chi connectivity index (χ0) is 22.0. The number of aryl methyl sites for hydroxylation is 2. The molecular weight excluding hydrogens is 384 g/mol. The van der Waals surface area contributed by atoms with Crippen molar-refractivity contribution in [3.8, 4) is 11.5 Å². The predicted octanol–water partition coefficient (Wildman–Crippen LogP) is 2.53. The summed E-state index contributed by atoms with van der Waals surface area (Å²) in [6, 6.07) is 10.7. The first-order valence-corrected chi connectivity index (χ1v) is 9.58. The van der Waals surface area contributed by atoms with Gasteiger partial charge in [-0.15, -0.1) is 0 Å². The Morgan fingerprint density at radius 3 is 2.33 bits per heavy atom. The van der Waals surface area contributed by atoms with Crippen LogP contribution in [0.3, 0.4) is 0 Å². The number of ether oxygens (including phenoxy) is 2. The molecule has 0 aliphatic carbocycles. The predicted molar refractivity (Wildman–Crippen MR) is 115 cm³/mol. The summed E-state index contributed by atoms with van der Waals surface area (Å²) in [4.78, 5) is 29.8. The van der Waals surface area contributed by atoms with Gasteiger partial charge in [0.05, 0.1) is 32.1 Å². The Morgan fingerprint density at radius 2 is 1.73 bits per heavy atom. The van der Waals surface area contributed by atoms with Crippen LogP contribution in [-0.2, 0) is 9.59 Å². The van der Waals surface area contributed by atoms with Crippen LogP contribution >= 0.6 is 0 Å². The molecule has 7 nitrogen and oxygen atoms in total. The zero-order valence-corrected chi connectivity index (χ0v) is 17.9. The molecule has 2 amide bonds. The van der Waals surface area contributed by atoms with E-state index in [1.165, 1.54) is 14.2 Å². The lowest BCUT2D eigenvalue weighted by Gasteiger charge is -2.21. The maximum absolute atomic E-state index is 13.6. The third kappa shape index (κ3) is 3.64. The van der Waals surface area contributed by atoms with Crippen LogP contribution in [0.5, 0.6) is 11.5 Å². The number of aliphatic hydroxyl groups is 1. The number of likely N-dealkylation sites (N-methyl/N-ethyl adjacent to an activating group) is 1. The summed E-state index contributed by atoms with van der Waals surface area (Å²) in [6.07, 6.45) is 0. The van der Waals surface area contributed by atoms with Crippen LogP contribution in [0.25, 0.3) is 5.57 Å². The number of anilines is 1. The molecule has 0 saturated carbocycles. The smallest absolute Gasteiger partial charge is 0.282 e. The second-order valence-corrected chi connectivity index (χ2v) is 7.17. The lowest BCUT2D eigenvalue weighted by atomic mass is 9.97. The van der Waals surface area contributed by atoms with Crippen LogP contribution in [-0.4, -0.2) is 56.2 Å². The second kappa shape index (κ2) is 8.59. The molecule has 0 bridgehead atoms. The van der Waals surface area contributed by atoms with Gasteiger partial charge >= 0.3 is 0 Å². The highest BCUT2D eigenvalue weighted by Crippen LogP contribution is 2.40. The highest BCUT2D eigenvalue weighted by molar-refractivity contribution is 6.45. The van der Waals surface area contributed by atoms with Gasteiger partial charge in [-0.2, -0.15) is 0 Å². The van der Waals surface area contributed by atoms with Crippen molar-refractivity contribution >= 4 is 23.1 Å². The van der Waals surface area contributed by atoms with E-state index in [9.17, 15) is 14.7 Å². The quantitative estimate of drug-likeness (QED) is 0.707. The molecule has 0 fully saturated rings. The molecule has 7 heteroatoms. The van der Waals surface area contributed by atoms with Crippen LogP contribution < -0.4 is 14.4 Å². The minimum absolute atomic E-state index is 0.149. The zero-order valence-electron chi connectivity index (χ0n) is 17.9. The summed E-state index contributed by atoms with van der Waals surface area (Å²) in [5, 5.41) is 9.42. The van der Waals surface area contributed by atoms with E-state index in [1.54, 1.807) is 30.1 Å². The van der Waals surface area contributed by atoms with Crippen LogP contribution in [0.15, 0.2) is 42.1 Å². The molecule has 3 rings (SSSR count). The first kappa shape index (κ1) is 21.4. The number of benzene rings is 2. The fraction of sp³-hybridized carbons (Fsp3) is 0.304. The lowest BCUT2D eigenvalue weighted by molar-refractivity contribution is -0.120. The number of nitrogens with zero attached hydrogens (tertiary/aromatic N) is 2. The Kier molecular flexibility index (Phi) is 6.12. The molecule has 0 radical (unpaired) electrons. The Labute approximate surface area is 176 Å². The Balaban J connectivity index is 2.21. The van der Waals surface area contributed by atoms with Crippen LogP contribution in [0.4, 0.5) is 5.69 Å². The van der Waals surface area contributed by atoms with Gasteiger partial charge in [0.2, 0.25) is 0 Å². The van der Waals surface area contributed by atoms with Crippen molar-refractivity contribution in [3.63, 3.8) is 0 Å². The SMILES string of the molecule is COc1ccc(OC)c(N2C(=O)C(c3ccc(C)cc3C)=C(N(C)CCO)C2=O)c1. The van der Waals surface area contributed by atoms with Gasteiger partial charge in [-0.25, -0.2) is 4.90 Å². The monoisotopic (exact) mass is 410 g/mol. The second-order valence-electron chi connectivity index (χ2n) is 7.17. The fourth-order valence-corrected chi connectivity index (χ4v) is 3.66. The van der Waals surface area contributed by atoms with Gasteiger partial charge in [-0.05, 0) is 37.1 Å².